The standard InChI is InChI=1S/C19H22FN3O2S/c1-12-16(18(24)22-8-10-25-11-9-22)17(13-2-4-14(20)5-3-13)21-19(26)23(12)15-6-7-15/h2-5,15,17H,6-11H2,1H3,(H,21,26). The van der Waals surface area contributed by atoms with Gasteiger partial charge < -0.3 is 19.9 Å². The Kier molecular flexibility index (Phi) is 4.67. The van der Waals surface area contributed by atoms with Crippen LogP contribution in [-0.4, -0.2) is 53.2 Å². The van der Waals surface area contributed by atoms with E-state index in [4.69, 9.17) is 17.0 Å². The van der Waals surface area contributed by atoms with Crippen LogP contribution in [0.15, 0.2) is 35.5 Å². The highest BCUT2D eigenvalue weighted by Crippen LogP contribution is 2.38. The SMILES string of the molecule is CC1=C(C(=O)N2CCOCC2)C(c2ccc(F)cc2)NC(=S)N1C1CC1. The monoisotopic (exact) mass is 375 g/mol. The first kappa shape index (κ1) is 17.4. The van der Waals surface area contributed by atoms with Crippen molar-refractivity contribution in [3.63, 3.8) is 0 Å². The Balaban J connectivity index is 1.74. The van der Waals surface area contributed by atoms with Crippen LogP contribution in [0.3, 0.4) is 0 Å². The Labute approximate surface area is 157 Å². The van der Waals surface area contributed by atoms with Gasteiger partial charge in [-0.05, 0) is 49.7 Å². The molecule has 1 aromatic carbocycles. The molecule has 0 bridgehead atoms. The zero-order chi connectivity index (χ0) is 18.3. The maximum absolute atomic E-state index is 13.4. The third-order valence-corrected chi connectivity index (χ3v) is 5.49. The molecule has 1 aliphatic carbocycles. The largest absolute Gasteiger partial charge is 0.378 e. The molecule has 0 aromatic heterocycles. The molecule has 5 nitrogen and oxygen atoms in total. The molecule has 0 radical (unpaired) electrons. The summed E-state index contributed by atoms with van der Waals surface area (Å²) in [5.74, 6) is -0.297. The van der Waals surface area contributed by atoms with Gasteiger partial charge in [-0.1, -0.05) is 12.1 Å². The number of morpholine rings is 1. The first-order chi connectivity index (χ1) is 12.6. The van der Waals surface area contributed by atoms with E-state index in [9.17, 15) is 9.18 Å². The second-order valence-electron chi connectivity index (χ2n) is 6.94. The van der Waals surface area contributed by atoms with Crippen molar-refractivity contribution in [1.82, 2.24) is 15.1 Å². The van der Waals surface area contributed by atoms with Crippen LogP contribution in [0.1, 0.15) is 31.4 Å². The van der Waals surface area contributed by atoms with E-state index in [-0.39, 0.29) is 17.8 Å². The summed E-state index contributed by atoms with van der Waals surface area (Å²) in [6.07, 6.45) is 2.17. The van der Waals surface area contributed by atoms with Gasteiger partial charge in [0, 0.05) is 24.8 Å². The fraction of sp³-hybridized carbons (Fsp3) is 0.474. The van der Waals surface area contributed by atoms with Gasteiger partial charge in [0.25, 0.3) is 5.91 Å². The van der Waals surface area contributed by atoms with Gasteiger partial charge in [0.2, 0.25) is 0 Å². The molecule has 2 fully saturated rings. The first-order valence-corrected chi connectivity index (χ1v) is 9.40. The molecule has 7 heteroatoms. The summed E-state index contributed by atoms with van der Waals surface area (Å²) < 4.78 is 18.8. The number of thiocarbonyl (C=S) groups is 1. The summed E-state index contributed by atoms with van der Waals surface area (Å²) in [5, 5.41) is 3.96. The van der Waals surface area contributed by atoms with Crippen molar-refractivity contribution >= 4 is 23.2 Å². The summed E-state index contributed by atoms with van der Waals surface area (Å²) in [6, 6.07) is 6.26. The molecule has 138 valence electrons. The van der Waals surface area contributed by atoms with Crippen molar-refractivity contribution in [2.24, 2.45) is 0 Å². The number of allylic oxidation sites excluding steroid dienone is 1. The Morgan fingerprint density at radius 2 is 1.88 bits per heavy atom. The number of ether oxygens (including phenoxy) is 1. The van der Waals surface area contributed by atoms with Crippen molar-refractivity contribution in [2.45, 2.75) is 31.8 Å². The van der Waals surface area contributed by atoms with Crippen LogP contribution in [0.5, 0.6) is 0 Å². The van der Waals surface area contributed by atoms with Crippen molar-refractivity contribution < 1.29 is 13.9 Å². The van der Waals surface area contributed by atoms with E-state index in [1.165, 1.54) is 12.1 Å². The van der Waals surface area contributed by atoms with Crippen molar-refractivity contribution in [1.29, 1.82) is 0 Å². The minimum atomic E-state index is -0.367. The van der Waals surface area contributed by atoms with Crippen LogP contribution in [-0.2, 0) is 9.53 Å². The lowest BCUT2D eigenvalue weighted by Gasteiger charge is -2.40. The average Bonchev–Trinajstić information content (AvgIpc) is 3.47. The third kappa shape index (κ3) is 3.21. The van der Waals surface area contributed by atoms with Crippen LogP contribution in [0.2, 0.25) is 0 Å². The lowest BCUT2D eigenvalue weighted by Crippen LogP contribution is -2.51. The maximum atomic E-state index is 13.4. The topological polar surface area (TPSA) is 44.8 Å². The predicted octanol–water partition coefficient (Wildman–Crippen LogP) is 2.35. The van der Waals surface area contributed by atoms with E-state index >= 15 is 0 Å². The molecule has 1 atom stereocenters. The number of hydrogen-bond acceptors (Lipinski definition) is 3. The van der Waals surface area contributed by atoms with E-state index in [1.54, 1.807) is 12.1 Å². The van der Waals surface area contributed by atoms with Gasteiger partial charge >= 0.3 is 0 Å². The molecule has 1 unspecified atom stereocenters. The third-order valence-electron chi connectivity index (χ3n) is 5.17. The van der Waals surface area contributed by atoms with Gasteiger partial charge in [0.05, 0.1) is 24.8 Å². The normalized spacial score (nSPS) is 23.9. The lowest BCUT2D eigenvalue weighted by molar-refractivity contribution is -0.131. The average molecular weight is 375 g/mol. The molecule has 1 saturated carbocycles. The summed E-state index contributed by atoms with van der Waals surface area (Å²) in [7, 11) is 0. The fourth-order valence-corrected chi connectivity index (χ4v) is 4.05. The zero-order valence-corrected chi connectivity index (χ0v) is 15.5. The summed E-state index contributed by atoms with van der Waals surface area (Å²) in [4.78, 5) is 17.2. The molecule has 26 heavy (non-hydrogen) atoms. The zero-order valence-electron chi connectivity index (χ0n) is 14.7. The highest BCUT2D eigenvalue weighted by atomic mass is 32.1. The molecule has 1 saturated heterocycles. The number of carbonyl (C=O) groups excluding carboxylic acids is 1. The minimum Gasteiger partial charge on any atom is -0.378 e. The Hall–Kier alpha value is -1.99. The number of rotatable bonds is 3. The summed E-state index contributed by atoms with van der Waals surface area (Å²) in [5.41, 5.74) is 2.43. The van der Waals surface area contributed by atoms with E-state index in [0.717, 1.165) is 24.1 Å². The number of nitrogens with zero attached hydrogens (tertiary/aromatic N) is 2. The molecule has 1 aromatic rings. The maximum Gasteiger partial charge on any atom is 0.254 e. The van der Waals surface area contributed by atoms with E-state index in [0.29, 0.717) is 43.0 Å². The second kappa shape index (κ2) is 6.96. The first-order valence-electron chi connectivity index (χ1n) is 8.99. The molecule has 3 aliphatic rings. The Morgan fingerprint density at radius 3 is 2.50 bits per heavy atom. The van der Waals surface area contributed by atoms with Gasteiger partial charge in [0.1, 0.15) is 5.82 Å². The van der Waals surface area contributed by atoms with Gasteiger partial charge in [-0.25, -0.2) is 4.39 Å². The molecule has 4 rings (SSSR count). The molecular weight excluding hydrogens is 353 g/mol. The van der Waals surface area contributed by atoms with Gasteiger partial charge in [-0.3, -0.25) is 4.79 Å². The van der Waals surface area contributed by atoms with Crippen LogP contribution in [0.25, 0.3) is 0 Å². The number of carbonyl (C=O) groups is 1. The Bertz CT molecular complexity index is 755. The predicted molar refractivity (Wildman–Crippen MR) is 99.8 cm³/mol. The molecule has 2 aliphatic heterocycles. The fourth-order valence-electron chi connectivity index (χ4n) is 3.65. The summed E-state index contributed by atoms with van der Waals surface area (Å²) in [6.45, 7) is 4.24. The number of benzene rings is 1. The van der Waals surface area contributed by atoms with Crippen LogP contribution < -0.4 is 5.32 Å². The van der Waals surface area contributed by atoms with Crippen LogP contribution in [0.4, 0.5) is 4.39 Å². The minimum absolute atomic E-state index is 0.000718. The van der Waals surface area contributed by atoms with Crippen LogP contribution >= 0.6 is 12.2 Å². The smallest absolute Gasteiger partial charge is 0.254 e. The number of hydrogen-bond donors (Lipinski definition) is 1. The number of amides is 1. The molecule has 1 N–H and O–H groups in total. The molecular formula is C19H22FN3O2S. The van der Waals surface area contributed by atoms with Gasteiger partial charge in [-0.15, -0.1) is 0 Å². The number of nitrogens with one attached hydrogen (secondary N) is 1. The number of halogens is 1. The summed E-state index contributed by atoms with van der Waals surface area (Å²) >= 11 is 5.58. The highest BCUT2D eigenvalue weighted by Gasteiger charge is 2.41. The Morgan fingerprint density at radius 1 is 1.23 bits per heavy atom. The highest BCUT2D eigenvalue weighted by molar-refractivity contribution is 7.80. The molecule has 2 heterocycles. The van der Waals surface area contributed by atoms with Crippen molar-refractivity contribution in [3.8, 4) is 0 Å². The second-order valence-corrected chi connectivity index (χ2v) is 7.33. The van der Waals surface area contributed by atoms with Gasteiger partial charge in [-0.2, -0.15) is 0 Å². The van der Waals surface area contributed by atoms with E-state index in [1.807, 2.05) is 11.8 Å². The lowest BCUT2D eigenvalue weighted by atomic mass is 9.93. The molecule has 0 spiro atoms. The van der Waals surface area contributed by atoms with Gasteiger partial charge in [0.15, 0.2) is 5.11 Å². The van der Waals surface area contributed by atoms with E-state index < -0.39 is 0 Å². The molecule has 1 amide bonds. The van der Waals surface area contributed by atoms with E-state index in [2.05, 4.69) is 10.2 Å². The van der Waals surface area contributed by atoms with Crippen molar-refractivity contribution in [3.05, 3.63) is 46.9 Å². The van der Waals surface area contributed by atoms with Crippen molar-refractivity contribution in [2.75, 3.05) is 26.3 Å². The van der Waals surface area contributed by atoms with Crippen LogP contribution in [0, 0.1) is 5.82 Å². The quantitative estimate of drug-likeness (QED) is 0.822.